The van der Waals surface area contributed by atoms with Crippen LogP contribution in [0.5, 0.6) is 5.75 Å². The molecule has 1 aromatic rings. The molecule has 1 aromatic carbocycles. The molecule has 0 saturated carbocycles. The van der Waals surface area contributed by atoms with Crippen LogP contribution in [-0.4, -0.2) is 19.2 Å². The maximum atomic E-state index is 11.5. The van der Waals surface area contributed by atoms with E-state index in [-0.39, 0.29) is 0 Å². The van der Waals surface area contributed by atoms with Crippen LogP contribution in [0.4, 0.5) is 0 Å². The third-order valence-corrected chi connectivity index (χ3v) is 2.18. The van der Waals surface area contributed by atoms with Gasteiger partial charge in [-0.1, -0.05) is 13.8 Å². The Balaban J connectivity index is 2.90. The molecule has 0 N–H and O–H groups in total. The third-order valence-electron chi connectivity index (χ3n) is 2.18. The lowest BCUT2D eigenvalue weighted by atomic mass is 10.1. The van der Waals surface area contributed by atoms with E-state index in [9.17, 15) is 4.79 Å². The topological polar surface area (TPSA) is 59.3 Å². The molecule has 0 aromatic heterocycles. The first-order valence-electron chi connectivity index (χ1n) is 5.92. The lowest BCUT2D eigenvalue weighted by molar-refractivity contribution is 0.0526. The van der Waals surface area contributed by atoms with Gasteiger partial charge in [0.05, 0.1) is 24.3 Å². The predicted octanol–water partition coefficient (Wildman–Crippen LogP) is 2.77. The molecule has 0 aliphatic rings. The van der Waals surface area contributed by atoms with Crippen LogP contribution >= 0.6 is 0 Å². The fraction of sp³-hybridized carbons (Fsp3) is 0.429. The number of hydrogen-bond acceptors (Lipinski definition) is 4. The van der Waals surface area contributed by atoms with Gasteiger partial charge >= 0.3 is 5.97 Å². The van der Waals surface area contributed by atoms with E-state index in [0.29, 0.717) is 36.0 Å². The summed E-state index contributed by atoms with van der Waals surface area (Å²) in [6, 6.07) is 6.76. The van der Waals surface area contributed by atoms with Gasteiger partial charge in [-0.15, -0.1) is 0 Å². The lowest BCUT2D eigenvalue weighted by Crippen LogP contribution is -2.08. The van der Waals surface area contributed by atoms with E-state index in [2.05, 4.69) is 0 Å². The van der Waals surface area contributed by atoms with Crippen molar-refractivity contribution in [2.45, 2.75) is 20.8 Å². The van der Waals surface area contributed by atoms with E-state index in [4.69, 9.17) is 14.7 Å². The summed E-state index contributed by atoms with van der Waals surface area (Å²) < 4.78 is 10.4. The van der Waals surface area contributed by atoms with E-state index in [1.54, 1.807) is 19.1 Å². The summed E-state index contributed by atoms with van der Waals surface area (Å²) in [5.74, 6) is 0.449. The van der Waals surface area contributed by atoms with Crippen LogP contribution in [-0.2, 0) is 4.74 Å². The Morgan fingerprint density at radius 3 is 2.72 bits per heavy atom. The van der Waals surface area contributed by atoms with Crippen molar-refractivity contribution in [2.24, 2.45) is 5.92 Å². The molecular weight excluding hydrogens is 230 g/mol. The number of esters is 1. The van der Waals surface area contributed by atoms with Crippen molar-refractivity contribution in [2.75, 3.05) is 13.2 Å². The normalized spacial score (nSPS) is 9.94. The van der Waals surface area contributed by atoms with E-state index < -0.39 is 5.97 Å². The minimum absolute atomic E-state index is 0.312. The van der Waals surface area contributed by atoms with Gasteiger partial charge in [-0.05, 0) is 31.0 Å². The number of rotatable bonds is 5. The summed E-state index contributed by atoms with van der Waals surface area (Å²) in [5.41, 5.74) is 0.714. The number of nitriles is 1. The summed E-state index contributed by atoms with van der Waals surface area (Å²) in [5, 5.41) is 9.04. The van der Waals surface area contributed by atoms with Crippen LogP contribution < -0.4 is 4.74 Å². The van der Waals surface area contributed by atoms with Gasteiger partial charge in [-0.25, -0.2) is 4.79 Å². The van der Waals surface area contributed by atoms with Crippen LogP contribution in [0.2, 0.25) is 0 Å². The molecule has 0 atom stereocenters. The van der Waals surface area contributed by atoms with Gasteiger partial charge in [0.15, 0.2) is 0 Å². The Bertz CT molecular complexity index is 461. The average Bonchev–Trinajstić information content (AvgIpc) is 2.36. The zero-order valence-electron chi connectivity index (χ0n) is 10.9. The monoisotopic (exact) mass is 247 g/mol. The average molecular weight is 247 g/mol. The number of hydrogen-bond donors (Lipinski definition) is 0. The molecule has 4 nitrogen and oxygen atoms in total. The Kier molecular flexibility index (Phi) is 5.19. The van der Waals surface area contributed by atoms with Gasteiger partial charge in [0, 0.05) is 0 Å². The Morgan fingerprint density at radius 2 is 2.17 bits per heavy atom. The smallest absolute Gasteiger partial charge is 0.338 e. The third kappa shape index (κ3) is 3.77. The fourth-order valence-corrected chi connectivity index (χ4v) is 1.34. The second-order valence-electron chi connectivity index (χ2n) is 4.25. The number of carbonyl (C=O) groups excluding carboxylic acids is 1. The van der Waals surface area contributed by atoms with Crippen LogP contribution in [0.1, 0.15) is 36.7 Å². The Labute approximate surface area is 107 Å². The molecule has 96 valence electrons. The summed E-state index contributed by atoms with van der Waals surface area (Å²) >= 11 is 0. The first kappa shape index (κ1) is 14.0. The van der Waals surface area contributed by atoms with Crippen molar-refractivity contribution in [3.8, 4) is 11.8 Å². The maximum Gasteiger partial charge on any atom is 0.338 e. The van der Waals surface area contributed by atoms with E-state index >= 15 is 0 Å². The summed E-state index contributed by atoms with van der Waals surface area (Å²) in [6.07, 6.45) is 0. The van der Waals surface area contributed by atoms with Crippen LogP contribution in [0, 0.1) is 17.2 Å². The van der Waals surface area contributed by atoms with Gasteiger partial charge < -0.3 is 9.47 Å². The van der Waals surface area contributed by atoms with Crippen LogP contribution in [0.15, 0.2) is 18.2 Å². The summed E-state index contributed by atoms with van der Waals surface area (Å²) in [7, 11) is 0. The maximum absolute atomic E-state index is 11.5. The zero-order chi connectivity index (χ0) is 13.5. The van der Waals surface area contributed by atoms with Gasteiger partial charge in [0.2, 0.25) is 0 Å². The minimum Gasteiger partial charge on any atom is -0.492 e. The van der Waals surface area contributed by atoms with E-state index in [1.165, 1.54) is 6.07 Å². The highest BCUT2D eigenvalue weighted by Gasteiger charge is 2.11. The number of nitrogens with zero attached hydrogens (tertiary/aromatic N) is 1. The highest BCUT2D eigenvalue weighted by molar-refractivity contribution is 5.90. The standard InChI is InChI=1S/C14H17NO3/c1-4-17-14(16)11-5-6-13(12(7-11)8-15)18-9-10(2)3/h5-7,10H,4,9H2,1-3H3. The fourth-order valence-electron chi connectivity index (χ4n) is 1.34. The molecule has 0 fully saturated rings. The summed E-state index contributed by atoms with van der Waals surface area (Å²) in [6.45, 7) is 6.64. The van der Waals surface area contributed by atoms with Crippen LogP contribution in [0.25, 0.3) is 0 Å². The Morgan fingerprint density at radius 1 is 1.44 bits per heavy atom. The second-order valence-corrected chi connectivity index (χ2v) is 4.25. The molecule has 0 aliphatic heterocycles. The molecular formula is C14H17NO3. The minimum atomic E-state index is -0.426. The molecule has 0 heterocycles. The Hall–Kier alpha value is -2.02. The SMILES string of the molecule is CCOC(=O)c1ccc(OCC(C)C)c(C#N)c1. The quantitative estimate of drug-likeness (QED) is 0.751. The lowest BCUT2D eigenvalue weighted by Gasteiger charge is -2.10. The van der Waals surface area contributed by atoms with Crippen molar-refractivity contribution < 1.29 is 14.3 Å². The molecule has 0 aliphatic carbocycles. The molecule has 4 heteroatoms. The van der Waals surface area contributed by atoms with Crippen molar-refractivity contribution in [3.05, 3.63) is 29.3 Å². The van der Waals surface area contributed by atoms with Crippen molar-refractivity contribution >= 4 is 5.97 Å². The van der Waals surface area contributed by atoms with Crippen molar-refractivity contribution in [3.63, 3.8) is 0 Å². The van der Waals surface area contributed by atoms with Gasteiger partial charge in [-0.3, -0.25) is 0 Å². The molecule has 18 heavy (non-hydrogen) atoms. The van der Waals surface area contributed by atoms with Crippen molar-refractivity contribution in [1.29, 1.82) is 5.26 Å². The zero-order valence-corrected chi connectivity index (χ0v) is 10.9. The van der Waals surface area contributed by atoms with Crippen LogP contribution in [0.3, 0.4) is 0 Å². The molecule has 1 rings (SSSR count). The predicted molar refractivity (Wildman–Crippen MR) is 67.4 cm³/mol. The number of carbonyl (C=O) groups is 1. The summed E-state index contributed by atoms with van der Waals surface area (Å²) in [4.78, 5) is 11.5. The molecule has 0 bridgehead atoms. The second kappa shape index (κ2) is 6.65. The number of benzene rings is 1. The largest absolute Gasteiger partial charge is 0.492 e. The molecule has 0 radical (unpaired) electrons. The molecule has 0 unspecified atom stereocenters. The van der Waals surface area contributed by atoms with E-state index in [0.717, 1.165) is 0 Å². The van der Waals surface area contributed by atoms with Gasteiger partial charge in [0.1, 0.15) is 11.8 Å². The molecule has 0 amide bonds. The highest BCUT2D eigenvalue weighted by atomic mass is 16.5. The first-order chi connectivity index (χ1) is 8.58. The van der Waals surface area contributed by atoms with E-state index in [1.807, 2.05) is 19.9 Å². The highest BCUT2D eigenvalue weighted by Crippen LogP contribution is 2.20. The molecule has 0 spiro atoms. The molecule has 0 saturated heterocycles. The van der Waals surface area contributed by atoms with Gasteiger partial charge in [-0.2, -0.15) is 5.26 Å². The van der Waals surface area contributed by atoms with Gasteiger partial charge in [0.25, 0.3) is 0 Å². The number of ether oxygens (including phenoxy) is 2. The van der Waals surface area contributed by atoms with Crippen molar-refractivity contribution in [1.82, 2.24) is 0 Å². The first-order valence-corrected chi connectivity index (χ1v) is 5.92.